The van der Waals surface area contributed by atoms with Crippen molar-refractivity contribution in [3.8, 4) is 11.5 Å². The second-order valence-corrected chi connectivity index (χ2v) is 7.08. The summed E-state index contributed by atoms with van der Waals surface area (Å²) in [5.41, 5.74) is 3.30. The van der Waals surface area contributed by atoms with E-state index in [0.717, 1.165) is 21.3 Å². The van der Waals surface area contributed by atoms with Gasteiger partial charge >= 0.3 is 0 Å². The summed E-state index contributed by atoms with van der Waals surface area (Å²) < 4.78 is 12.2. The summed E-state index contributed by atoms with van der Waals surface area (Å²) in [4.78, 5) is -0.0184. The van der Waals surface area contributed by atoms with E-state index in [1.165, 1.54) is 5.56 Å². The Hall–Kier alpha value is -0.710. The summed E-state index contributed by atoms with van der Waals surface area (Å²) in [6, 6.07) is 10.0. The van der Waals surface area contributed by atoms with E-state index >= 15 is 0 Å². The number of fused-ring (bicyclic) bond motifs is 1. The van der Waals surface area contributed by atoms with Gasteiger partial charge in [-0.05, 0) is 30.2 Å². The van der Waals surface area contributed by atoms with E-state index in [1.54, 1.807) is 0 Å². The molecule has 1 atom stereocenters. The summed E-state index contributed by atoms with van der Waals surface area (Å²) in [5, 5.41) is 0.662. The van der Waals surface area contributed by atoms with Crippen LogP contribution in [-0.2, 0) is 0 Å². The van der Waals surface area contributed by atoms with Gasteiger partial charge in [-0.3, -0.25) is 0 Å². The first-order valence-electron chi connectivity index (χ1n) is 6.55. The van der Waals surface area contributed by atoms with Crippen molar-refractivity contribution in [1.82, 2.24) is 0 Å². The lowest BCUT2D eigenvalue weighted by molar-refractivity contribution is 0.171. The monoisotopic (exact) mass is 430 g/mol. The quantitative estimate of drug-likeness (QED) is 0.570. The van der Waals surface area contributed by atoms with Crippen LogP contribution in [0.4, 0.5) is 0 Å². The molecule has 0 aliphatic carbocycles. The minimum atomic E-state index is -0.0184. The minimum absolute atomic E-state index is 0.0184. The first-order valence-corrected chi connectivity index (χ1v) is 8.64. The van der Waals surface area contributed by atoms with Crippen molar-refractivity contribution in [2.45, 2.75) is 11.8 Å². The van der Waals surface area contributed by atoms with Crippen LogP contribution in [0.3, 0.4) is 0 Å². The van der Waals surface area contributed by atoms with Gasteiger partial charge in [0.15, 0.2) is 11.5 Å². The summed E-state index contributed by atoms with van der Waals surface area (Å²) in [6.45, 7) is 3.19. The van der Waals surface area contributed by atoms with Crippen molar-refractivity contribution in [2.75, 3.05) is 13.2 Å². The molecule has 0 aromatic heterocycles. The molecule has 1 heterocycles. The zero-order valence-electron chi connectivity index (χ0n) is 11.3. The molecule has 0 N–H and O–H groups in total. The molecule has 5 heteroatoms. The highest BCUT2D eigenvalue weighted by molar-refractivity contribution is 9.11. The van der Waals surface area contributed by atoms with Crippen molar-refractivity contribution in [2.24, 2.45) is 0 Å². The number of alkyl halides is 1. The van der Waals surface area contributed by atoms with Gasteiger partial charge < -0.3 is 9.47 Å². The fourth-order valence-electron chi connectivity index (χ4n) is 2.30. The third-order valence-electron chi connectivity index (χ3n) is 3.36. The Morgan fingerprint density at radius 1 is 1.05 bits per heavy atom. The van der Waals surface area contributed by atoms with Gasteiger partial charge in [0.05, 0.1) is 4.83 Å². The van der Waals surface area contributed by atoms with Gasteiger partial charge in [-0.1, -0.05) is 61.2 Å². The van der Waals surface area contributed by atoms with Crippen LogP contribution in [-0.4, -0.2) is 13.2 Å². The Kier molecular flexibility index (Phi) is 4.48. The Morgan fingerprint density at radius 2 is 1.71 bits per heavy atom. The van der Waals surface area contributed by atoms with E-state index in [1.807, 2.05) is 18.2 Å². The van der Waals surface area contributed by atoms with Crippen LogP contribution in [0.1, 0.15) is 21.5 Å². The van der Waals surface area contributed by atoms with Crippen LogP contribution in [0.25, 0.3) is 0 Å². The Bertz CT molecular complexity index is 688. The Morgan fingerprint density at radius 3 is 2.43 bits per heavy atom. The van der Waals surface area contributed by atoms with Crippen molar-refractivity contribution in [3.63, 3.8) is 0 Å². The maximum absolute atomic E-state index is 6.42. The molecule has 2 aromatic carbocycles. The average Bonchev–Trinajstić information content (AvgIpc) is 2.48. The van der Waals surface area contributed by atoms with E-state index in [4.69, 9.17) is 21.1 Å². The number of aryl methyl sites for hydroxylation is 1. The smallest absolute Gasteiger partial charge is 0.162 e. The predicted octanol–water partition coefficient (Wildman–Crippen LogP) is 5.67. The van der Waals surface area contributed by atoms with Gasteiger partial charge in [0, 0.05) is 15.6 Å². The van der Waals surface area contributed by atoms with Crippen LogP contribution in [0, 0.1) is 6.92 Å². The standard InChI is InChI=1S/C16H13Br2ClO2/c1-9-2-3-12(17)10(6-9)16(18)11-7-14-15(8-13(11)19)21-5-4-20-14/h2-3,6-8,16H,4-5H2,1H3. The maximum atomic E-state index is 6.42. The van der Waals surface area contributed by atoms with Crippen LogP contribution < -0.4 is 9.47 Å². The van der Waals surface area contributed by atoms with Gasteiger partial charge in [-0.2, -0.15) is 0 Å². The van der Waals surface area contributed by atoms with Gasteiger partial charge in [-0.15, -0.1) is 0 Å². The summed E-state index contributed by atoms with van der Waals surface area (Å²) in [7, 11) is 0. The van der Waals surface area contributed by atoms with Crippen LogP contribution in [0.5, 0.6) is 11.5 Å². The molecule has 3 rings (SSSR count). The highest BCUT2D eigenvalue weighted by atomic mass is 79.9. The molecule has 0 spiro atoms. The van der Waals surface area contributed by atoms with Gasteiger partial charge in [0.25, 0.3) is 0 Å². The third-order valence-corrected chi connectivity index (χ3v) is 5.40. The lowest BCUT2D eigenvalue weighted by Crippen LogP contribution is -2.15. The summed E-state index contributed by atoms with van der Waals surface area (Å²) in [5.74, 6) is 1.45. The molecule has 110 valence electrons. The lowest BCUT2D eigenvalue weighted by Gasteiger charge is -2.22. The molecule has 1 aliphatic rings. The molecule has 21 heavy (non-hydrogen) atoms. The molecular formula is C16H13Br2ClO2. The van der Waals surface area contributed by atoms with Crippen molar-refractivity contribution < 1.29 is 9.47 Å². The van der Waals surface area contributed by atoms with Gasteiger partial charge in [0.2, 0.25) is 0 Å². The molecule has 0 saturated carbocycles. The van der Waals surface area contributed by atoms with Gasteiger partial charge in [-0.25, -0.2) is 0 Å². The second kappa shape index (κ2) is 6.19. The zero-order chi connectivity index (χ0) is 15.0. The molecule has 0 radical (unpaired) electrons. The average molecular weight is 433 g/mol. The zero-order valence-corrected chi connectivity index (χ0v) is 15.3. The number of rotatable bonds is 2. The fraction of sp³-hybridized carbons (Fsp3) is 0.250. The third kappa shape index (κ3) is 3.08. The van der Waals surface area contributed by atoms with E-state index in [2.05, 4.69) is 50.9 Å². The highest BCUT2D eigenvalue weighted by Gasteiger charge is 2.21. The van der Waals surface area contributed by atoms with E-state index in [0.29, 0.717) is 24.0 Å². The first-order chi connectivity index (χ1) is 10.1. The molecule has 1 aliphatic heterocycles. The van der Waals surface area contributed by atoms with E-state index in [9.17, 15) is 0 Å². The Balaban J connectivity index is 2.05. The Labute approximate surface area is 145 Å². The van der Waals surface area contributed by atoms with Crippen LogP contribution in [0.15, 0.2) is 34.8 Å². The largest absolute Gasteiger partial charge is 0.486 e. The lowest BCUT2D eigenvalue weighted by atomic mass is 10.0. The fourth-order valence-corrected chi connectivity index (χ4v) is 4.23. The number of ether oxygens (including phenoxy) is 2. The molecule has 2 aromatic rings. The molecule has 1 unspecified atom stereocenters. The summed E-state index contributed by atoms with van der Waals surface area (Å²) >= 11 is 13.8. The highest BCUT2D eigenvalue weighted by Crippen LogP contribution is 2.44. The van der Waals surface area contributed by atoms with Crippen LogP contribution in [0.2, 0.25) is 5.02 Å². The molecule has 2 nitrogen and oxygen atoms in total. The van der Waals surface area contributed by atoms with E-state index in [-0.39, 0.29) is 4.83 Å². The molecule has 0 saturated heterocycles. The number of hydrogen-bond acceptors (Lipinski definition) is 2. The van der Waals surface area contributed by atoms with Gasteiger partial charge in [0.1, 0.15) is 13.2 Å². The van der Waals surface area contributed by atoms with Crippen LogP contribution >= 0.6 is 43.5 Å². The molecule has 0 fully saturated rings. The van der Waals surface area contributed by atoms with Crippen molar-refractivity contribution >= 4 is 43.5 Å². The SMILES string of the molecule is Cc1ccc(Br)c(C(Br)c2cc3c(cc2Cl)OCCO3)c1. The molecular weight excluding hydrogens is 419 g/mol. The van der Waals surface area contributed by atoms with Crippen molar-refractivity contribution in [3.05, 3.63) is 56.5 Å². The number of halogens is 3. The van der Waals surface area contributed by atoms with Crippen molar-refractivity contribution in [1.29, 1.82) is 0 Å². The van der Waals surface area contributed by atoms with E-state index < -0.39 is 0 Å². The molecule has 0 amide bonds. The first kappa shape index (κ1) is 15.2. The topological polar surface area (TPSA) is 18.5 Å². The predicted molar refractivity (Wildman–Crippen MR) is 92.1 cm³/mol. The normalized spacial score (nSPS) is 14.9. The minimum Gasteiger partial charge on any atom is -0.486 e. The second-order valence-electron chi connectivity index (χ2n) is 4.90. The maximum Gasteiger partial charge on any atom is 0.162 e. The molecule has 0 bridgehead atoms. The summed E-state index contributed by atoms with van der Waals surface area (Å²) in [6.07, 6.45) is 0. The number of benzene rings is 2. The number of hydrogen-bond donors (Lipinski definition) is 0.